The molecule has 2 rings (SSSR count). The second-order valence-electron chi connectivity index (χ2n) is 3.63. The van der Waals surface area contributed by atoms with Crippen molar-refractivity contribution in [2.24, 2.45) is 0 Å². The number of aryl methyl sites for hydroxylation is 1. The van der Waals surface area contributed by atoms with E-state index in [0.717, 1.165) is 22.6 Å². The molecule has 0 radical (unpaired) electrons. The molecule has 0 aliphatic carbocycles. The predicted molar refractivity (Wildman–Crippen MR) is 65.4 cm³/mol. The molecule has 0 unspecified atom stereocenters. The molecule has 2 N–H and O–H groups in total. The molecule has 1 aromatic carbocycles. The first-order chi connectivity index (χ1) is 7.72. The van der Waals surface area contributed by atoms with Crippen LogP contribution >= 0.6 is 0 Å². The van der Waals surface area contributed by atoms with Gasteiger partial charge in [0.1, 0.15) is 5.75 Å². The van der Waals surface area contributed by atoms with Crippen molar-refractivity contribution in [2.45, 2.75) is 6.92 Å². The lowest BCUT2D eigenvalue weighted by Crippen LogP contribution is -1.94. The van der Waals surface area contributed by atoms with Crippen molar-refractivity contribution in [1.29, 1.82) is 0 Å². The largest absolute Gasteiger partial charge is 0.496 e. The van der Waals surface area contributed by atoms with Crippen molar-refractivity contribution in [3.05, 3.63) is 42.1 Å². The molecule has 82 valence electrons. The monoisotopic (exact) mass is 214 g/mol. The van der Waals surface area contributed by atoms with Crippen molar-refractivity contribution in [1.82, 2.24) is 4.98 Å². The Bertz CT molecular complexity index is 509. The molecular formula is C13H14N2O. The van der Waals surface area contributed by atoms with E-state index >= 15 is 0 Å². The SMILES string of the molecule is COc1ccccc1-c1cc(C)c(N)cn1. The van der Waals surface area contributed by atoms with Gasteiger partial charge in [-0.3, -0.25) is 4.98 Å². The number of hydrogen-bond donors (Lipinski definition) is 1. The van der Waals surface area contributed by atoms with Crippen LogP contribution < -0.4 is 10.5 Å². The fourth-order valence-corrected chi connectivity index (χ4v) is 1.57. The zero-order chi connectivity index (χ0) is 11.5. The molecule has 1 aromatic heterocycles. The van der Waals surface area contributed by atoms with Crippen LogP contribution in [0.5, 0.6) is 5.75 Å². The standard InChI is InChI=1S/C13H14N2O/c1-9-7-12(15-8-11(9)14)10-5-3-4-6-13(10)16-2/h3-8H,14H2,1-2H3. The Hall–Kier alpha value is -2.03. The number of ether oxygens (including phenoxy) is 1. The third kappa shape index (κ3) is 1.84. The number of rotatable bonds is 2. The van der Waals surface area contributed by atoms with E-state index in [1.807, 2.05) is 37.3 Å². The topological polar surface area (TPSA) is 48.1 Å². The second kappa shape index (κ2) is 4.23. The summed E-state index contributed by atoms with van der Waals surface area (Å²) in [7, 11) is 1.66. The van der Waals surface area contributed by atoms with Gasteiger partial charge in [0.2, 0.25) is 0 Å². The first-order valence-electron chi connectivity index (χ1n) is 5.08. The summed E-state index contributed by atoms with van der Waals surface area (Å²) in [6.45, 7) is 1.97. The van der Waals surface area contributed by atoms with E-state index in [0.29, 0.717) is 5.69 Å². The zero-order valence-corrected chi connectivity index (χ0v) is 9.40. The van der Waals surface area contributed by atoms with Crippen molar-refractivity contribution in [3.8, 4) is 17.0 Å². The molecule has 3 nitrogen and oxygen atoms in total. The molecule has 2 aromatic rings. The van der Waals surface area contributed by atoms with Crippen molar-refractivity contribution in [2.75, 3.05) is 12.8 Å². The second-order valence-corrected chi connectivity index (χ2v) is 3.63. The van der Waals surface area contributed by atoms with Crippen molar-refractivity contribution < 1.29 is 4.74 Å². The molecule has 0 fully saturated rings. The average molecular weight is 214 g/mol. The smallest absolute Gasteiger partial charge is 0.128 e. The van der Waals surface area contributed by atoms with Crippen LogP contribution in [0.4, 0.5) is 5.69 Å². The van der Waals surface area contributed by atoms with Gasteiger partial charge in [-0.2, -0.15) is 0 Å². The Morgan fingerprint density at radius 3 is 2.69 bits per heavy atom. The van der Waals surface area contributed by atoms with Gasteiger partial charge in [0.25, 0.3) is 0 Å². The molecule has 0 spiro atoms. The van der Waals surface area contributed by atoms with Crippen LogP contribution in [0.1, 0.15) is 5.56 Å². The van der Waals surface area contributed by atoms with E-state index in [9.17, 15) is 0 Å². The van der Waals surface area contributed by atoms with Crippen molar-refractivity contribution in [3.63, 3.8) is 0 Å². The maximum atomic E-state index is 5.74. The molecule has 0 aliphatic heterocycles. The van der Waals surface area contributed by atoms with Gasteiger partial charge in [0.15, 0.2) is 0 Å². The Morgan fingerprint density at radius 1 is 1.25 bits per heavy atom. The number of nitrogen functional groups attached to an aromatic ring is 1. The third-order valence-electron chi connectivity index (χ3n) is 2.53. The Labute approximate surface area is 94.9 Å². The summed E-state index contributed by atoms with van der Waals surface area (Å²) >= 11 is 0. The van der Waals surface area contributed by atoms with Crippen LogP contribution in [0.3, 0.4) is 0 Å². The summed E-state index contributed by atoms with van der Waals surface area (Å²) < 4.78 is 5.30. The fourth-order valence-electron chi connectivity index (χ4n) is 1.57. The summed E-state index contributed by atoms with van der Waals surface area (Å²) in [6.07, 6.45) is 1.68. The highest BCUT2D eigenvalue weighted by molar-refractivity contribution is 5.69. The van der Waals surface area contributed by atoms with Gasteiger partial charge in [-0.15, -0.1) is 0 Å². The number of pyridine rings is 1. The molecule has 3 heteroatoms. The first-order valence-corrected chi connectivity index (χ1v) is 5.08. The number of nitrogens with two attached hydrogens (primary N) is 1. The van der Waals surface area contributed by atoms with E-state index in [1.165, 1.54) is 0 Å². The quantitative estimate of drug-likeness (QED) is 0.836. The summed E-state index contributed by atoms with van der Waals surface area (Å²) in [5.74, 6) is 0.819. The minimum Gasteiger partial charge on any atom is -0.496 e. The fraction of sp³-hybridized carbons (Fsp3) is 0.154. The molecular weight excluding hydrogens is 200 g/mol. The lowest BCUT2D eigenvalue weighted by molar-refractivity contribution is 0.416. The van der Waals surface area contributed by atoms with Gasteiger partial charge in [0.05, 0.1) is 24.7 Å². The number of nitrogens with zero attached hydrogens (tertiary/aromatic N) is 1. The first kappa shape index (κ1) is 10.5. The van der Waals surface area contributed by atoms with Crippen LogP contribution in [-0.4, -0.2) is 12.1 Å². The van der Waals surface area contributed by atoms with E-state index in [4.69, 9.17) is 10.5 Å². The zero-order valence-electron chi connectivity index (χ0n) is 9.40. The normalized spacial score (nSPS) is 10.1. The van der Waals surface area contributed by atoms with Crippen LogP contribution in [0.25, 0.3) is 11.3 Å². The van der Waals surface area contributed by atoms with Crippen LogP contribution in [0.2, 0.25) is 0 Å². The maximum Gasteiger partial charge on any atom is 0.128 e. The molecule has 0 amide bonds. The average Bonchev–Trinajstić information content (AvgIpc) is 2.32. The number of hydrogen-bond acceptors (Lipinski definition) is 3. The minimum atomic E-state index is 0.707. The van der Waals surface area contributed by atoms with Gasteiger partial charge >= 0.3 is 0 Å². The van der Waals surface area contributed by atoms with Gasteiger partial charge < -0.3 is 10.5 Å². The van der Waals surface area contributed by atoms with Gasteiger partial charge in [-0.25, -0.2) is 0 Å². The number of aromatic nitrogens is 1. The summed E-state index contributed by atoms with van der Waals surface area (Å²) in [5.41, 5.74) is 9.33. The molecule has 1 heterocycles. The van der Waals surface area contributed by atoms with Gasteiger partial charge in [0, 0.05) is 5.56 Å². The highest BCUT2D eigenvalue weighted by Gasteiger charge is 2.06. The van der Waals surface area contributed by atoms with Gasteiger partial charge in [-0.1, -0.05) is 12.1 Å². The van der Waals surface area contributed by atoms with Crippen molar-refractivity contribution >= 4 is 5.69 Å². The predicted octanol–water partition coefficient (Wildman–Crippen LogP) is 2.65. The number of anilines is 1. The van der Waals surface area contributed by atoms with Gasteiger partial charge in [-0.05, 0) is 30.7 Å². The van der Waals surface area contributed by atoms with E-state index < -0.39 is 0 Å². The molecule has 16 heavy (non-hydrogen) atoms. The molecule has 0 atom stereocenters. The summed E-state index contributed by atoms with van der Waals surface area (Å²) in [5, 5.41) is 0. The Balaban J connectivity index is 2.54. The lowest BCUT2D eigenvalue weighted by Gasteiger charge is -2.08. The van der Waals surface area contributed by atoms with E-state index in [1.54, 1.807) is 13.3 Å². The Morgan fingerprint density at radius 2 is 2.00 bits per heavy atom. The van der Waals surface area contributed by atoms with Crippen LogP contribution in [-0.2, 0) is 0 Å². The lowest BCUT2D eigenvalue weighted by atomic mass is 10.1. The van der Waals surface area contributed by atoms with Crippen LogP contribution in [0, 0.1) is 6.92 Å². The molecule has 0 bridgehead atoms. The van der Waals surface area contributed by atoms with Crippen LogP contribution in [0.15, 0.2) is 36.5 Å². The Kier molecular flexibility index (Phi) is 2.77. The van der Waals surface area contributed by atoms with E-state index in [-0.39, 0.29) is 0 Å². The molecule has 0 aliphatic rings. The third-order valence-corrected chi connectivity index (χ3v) is 2.53. The number of para-hydroxylation sites is 1. The summed E-state index contributed by atoms with van der Waals surface area (Å²) in [4.78, 5) is 4.31. The van der Waals surface area contributed by atoms with E-state index in [2.05, 4.69) is 4.98 Å². The maximum absolute atomic E-state index is 5.74. The number of benzene rings is 1. The number of methoxy groups -OCH3 is 1. The molecule has 0 saturated carbocycles. The minimum absolute atomic E-state index is 0.707. The highest BCUT2D eigenvalue weighted by Crippen LogP contribution is 2.29. The molecule has 0 saturated heterocycles. The highest BCUT2D eigenvalue weighted by atomic mass is 16.5. The summed E-state index contributed by atoms with van der Waals surface area (Å²) in [6, 6.07) is 9.77.